The van der Waals surface area contributed by atoms with Crippen molar-refractivity contribution in [2.24, 2.45) is 0 Å². The Labute approximate surface area is 122 Å². The third-order valence-electron chi connectivity index (χ3n) is 4.10. The minimum atomic E-state index is -2.88. The van der Waals surface area contributed by atoms with Crippen molar-refractivity contribution in [1.29, 1.82) is 0 Å². The van der Waals surface area contributed by atoms with Crippen LogP contribution in [-0.2, 0) is 22.7 Å². The van der Waals surface area contributed by atoms with Crippen LogP contribution in [0, 0.1) is 0 Å². The third-order valence-corrected chi connectivity index (χ3v) is 5.02. The minimum Gasteiger partial charge on any atom is -0.299 e. The number of hydrogen-bond acceptors (Lipinski definition) is 3. The van der Waals surface area contributed by atoms with E-state index in [9.17, 15) is 8.42 Å². The lowest BCUT2D eigenvalue weighted by atomic mass is 9.87. The van der Waals surface area contributed by atoms with Crippen LogP contribution >= 0.6 is 0 Å². The van der Waals surface area contributed by atoms with Crippen LogP contribution in [0.5, 0.6) is 0 Å². The first kappa shape index (κ1) is 15.5. The highest BCUT2D eigenvalue weighted by atomic mass is 32.2. The van der Waals surface area contributed by atoms with Gasteiger partial charge in [0.05, 0.1) is 5.75 Å². The molecule has 0 saturated heterocycles. The molecule has 4 heteroatoms. The standard InChI is InChI=1S/C16H25NO2S/c1-3-10-17(11-12-20(2,18)19)16-9-8-14-6-4-5-7-15(14)13-16/h4-7,16H,3,8-13H2,1-2H3. The van der Waals surface area contributed by atoms with Crippen molar-refractivity contribution in [3.63, 3.8) is 0 Å². The zero-order valence-corrected chi connectivity index (χ0v) is 13.3. The van der Waals surface area contributed by atoms with Gasteiger partial charge in [0.2, 0.25) is 0 Å². The average Bonchev–Trinajstić information content (AvgIpc) is 2.42. The smallest absolute Gasteiger partial charge is 0.148 e. The number of nitrogens with zero attached hydrogens (tertiary/aromatic N) is 1. The zero-order chi connectivity index (χ0) is 14.6. The predicted octanol–water partition coefficient (Wildman–Crippen LogP) is 2.30. The highest BCUT2D eigenvalue weighted by Crippen LogP contribution is 2.24. The highest BCUT2D eigenvalue weighted by molar-refractivity contribution is 7.90. The molecule has 0 N–H and O–H groups in total. The normalized spacial score (nSPS) is 19.1. The van der Waals surface area contributed by atoms with Crippen LogP contribution in [0.25, 0.3) is 0 Å². The van der Waals surface area contributed by atoms with E-state index in [2.05, 4.69) is 36.1 Å². The highest BCUT2D eigenvalue weighted by Gasteiger charge is 2.24. The Morgan fingerprint density at radius 1 is 1.20 bits per heavy atom. The molecule has 0 heterocycles. The minimum absolute atomic E-state index is 0.269. The van der Waals surface area contributed by atoms with Crippen LogP contribution < -0.4 is 0 Å². The third kappa shape index (κ3) is 4.32. The van der Waals surface area contributed by atoms with E-state index in [1.165, 1.54) is 17.4 Å². The second-order valence-corrected chi connectivity index (χ2v) is 8.09. The van der Waals surface area contributed by atoms with Crippen molar-refractivity contribution in [2.75, 3.05) is 25.1 Å². The average molecular weight is 295 g/mol. The molecule has 1 unspecified atom stereocenters. The van der Waals surface area contributed by atoms with Gasteiger partial charge in [-0.25, -0.2) is 8.42 Å². The summed E-state index contributed by atoms with van der Waals surface area (Å²) in [6, 6.07) is 9.12. The van der Waals surface area contributed by atoms with Crippen molar-refractivity contribution < 1.29 is 8.42 Å². The van der Waals surface area contributed by atoms with Crippen LogP contribution in [0.1, 0.15) is 30.9 Å². The van der Waals surface area contributed by atoms with Crippen molar-refractivity contribution in [3.8, 4) is 0 Å². The molecule has 0 radical (unpaired) electrons. The fourth-order valence-corrected chi connectivity index (χ4v) is 3.60. The lowest BCUT2D eigenvalue weighted by Crippen LogP contribution is -2.42. The first-order valence-electron chi connectivity index (χ1n) is 7.48. The van der Waals surface area contributed by atoms with Crippen molar-refractivity contribution >= 4 is 9.84 Å². The molecule has 1 atom stereocenters. The SMILES string of the molecule is CCCN(CCS(C)(=O)=O)C1CCc2ccccc2C1. The number of fused-ring (bicyclic) bond motifs is 1. The fraction of sp³-hybridized carbons (Fsp3) is 0.625. The topological polar surface area (TPSA) is 37.4 Å². The molecule has 0 saturated carbocycles. The maximum absolute atomic E-state index is 11.4. The number of sulfone groups is 1. The predicted molar refractivity (Wildman–Crippen MR) is 83.8 cm³/mol. The van der Waals surface area contributed by atoms with Gasteiger partial charge in [0.1, 0.15) is 9.84 Å². The van der Waals surface area contributed by atoms with E-state index in [1.54, 1.807) is 0 Å². The Morgan fingerprint density at radius 3 is 2.55 bits per heavy atom. The maximum Gasteiger partial charge on any atom is 0.148 e. The second-order valence-electron chi connectivity index (χ2n) is 5.83. The first-order valence-corrected chi connectivity index (χ1v) is 9.54. The Hall–Kier alpha value is -0.870. The van der Waals surface area contributed by atoms with Gasteiger partial charge >= 0.3 is 0 Å². The first-order chi connectivity index (χ1) is 9.49. The van der Waals surface area contributed by atoms with E-state index < -0.39 is 9.84 Å². The number of rotatable bonds is 6. The van der Waals surface area contributed by atoms with Gasteiger partial charge in [-0.1, -0.05) is 31.2 Å². The summed E-state index contributed by atoms with van der Waals surface area (Å²) >= 11 is 0. The lowest BCUT2D eigenvalue weighted by Gasteiger charge is -2.35. The molecule has 1 aromatic rings. The molecule has 3 nitrogen and oxygen atoms in total. The number of aryl methyl sites for hydroxylation is 1. The van der Waals surface area contributed by atoms with Gasteiger partial charge in [0.15, 0.2) is 0 Å². The maximum atomic E-state index is 11.4. The van der Waals surface area contributed by atoms with Crippen molar-refractivity contribution in [1.82, 2.24) is 4.90 Å². The summed E-state index contributed by atoms with van der Waals surface area (Å²) in [5.41, 5.74) is 2.90. The largest absolute Gasteiger partial charge is 0.299 e. The monoisotopic (exact) mass is 295 g/mol. The van der Waals surface area contributed by atoms with Crippen molar-refractivity contribution in [2.45, 2.75) is 38.6 Å². The molecule has 2 rings (SSSR count). The van der Waals surface area contributed by atoms with E-state index >= 15 is 0 Å². The second kappa shape index (κ2) is 6.72. The van der Waals surface area contributed by atoms with E-state index in [0.29, 0.717) is 12.6 Å². The molecule has 0 aromatic heterocycles. The van der Waals surface area contributed by atoms with Gasteiger partial charge in [0.25, 0.3) is 0 Å². The molecule has 1 aromatic carbocycles. The zero-order valence-electron chi connectivity index (χ0n) is 12.5. The van der Waals surface area contributed by atoms with Crippen LogP contribution in [-0.4, -0.2) is 44.5 Å². The molecule has 1 aliphatic rings. The Morgan fingerprint density at radius 2 is 1.90 bits per heavy atom. The lowest BCUT2D eigenvalue weighted by molar-refractivity contribution is 0.190. The van der Waals surface area contributed by atoms with Gasteiger partial charge in [-0.05, 0) is 43.4 Å². The van der Waals surface area contributed by atoms with Crippen LogP contribution in [0.2, 0.25) is 0 Å². The molecule has 0 fully saturated rings. The molecular weight excluding hydrogens is 270 g/mol. The molecule has 1 aliphatic carbocycles. The molecule has 0 spiro atoms. The summed E-state index contributed by atoms with van der Waals surface area (Å²) in [7, 11) is -2.88. The van der Waals surface area contributed by atoms with Crippen LogP contribution in [0.15, 0.2) is 24.3 Å². The van der Waals surface area contributed by atoms with Gasteiger partial charge < -0.3 is 0 Å². The van der Waals surface area contributed by atoms with E-state index in [4.69, 9.17) is 0 Å². The molecular formula is C16H25NO2S. The van der Waals surface area contributed by atoms with E-state index in [0.717, 1.165) is 32.2 Å². The molecule has 112 valence electrons. The molecule has 20 heavy (non-hydrogen) atoms. The van der Waals surface area contributed by atoms with Crippen LogP contribution in [0.4, 0.5) is 0 Å². The molecule has 0 aliphatic heterocycles. The van der Waals surface area contributed by atoms with Gasteiger partial charge in [-0.15, -0.1) is 0 Å². The fourth-order valence-electron chi connectivity index (χ4n) is 3.04. The van der Waals surface area contributed by atoms with E-state index in [-0.39, 0.29) is 5.75 Å². The Balaban J connectivity index is 2.04. The summed E-state index contributed by atoms with van der Waals surface area (Å²) in [5.74, 6) is 0.269. The summed E-state index contributed by atoms with van der Waals surface area (Å²) < 4.78 is 22.8. The summed E-state index contributed by atoms with van der Waals surface area (Å²) in [4.78, 5) is 2.37. The van der Waals surface area contributed by atoms with E-state index in [1.807, 2.05) is 0 Å². The quantitative estimate of drug-likeness (QED) is 0.808. The molecule has 0 amide bonds. The Bertz CT molecular complexity index is 539. The Kier molecular flexibility index (Phi) is 5.22. The summed E-state index contributed by atoms with van der Waals surface area (Å²) in [5, 5.41) is 0. The van der Waals surface area contributed by atoms with Crippen molar-refractivity contribution in [3.05, 3.63) is 35.4 Å². The number of benzene rings is 1. The van der Waals surface area contributed by atoms with Gasteiger partial charge in [0, 0.05) is 18.8 Å². The summed E-state index contributed by atoms with van der Waals surface area (Å²) in [6.45, 7) is 3.81. The van der Waals surface area contributed by atoms with Gasteiger partial charge in [-0.2, -0.15) is 0 Å². The number of hydrogen-bond donors (Lipinski definition) is 0. The van der Waals surface area contributed by atoms with Gasteiger partial charge in [-0.3, -0.25) is 4.90 Å². The van der Waals surface area contributed by atoms with Crippen LogP contribution in [0.3, 0.4) is 0 Å². The molecule has 0 bridgehead atoms. The summed E-state index contributed by atoms with van der Waals surface area (Å²) in [6.07, 6.45) is 5.70.